The Labute approximate surface area is 50.3 Å². The molecule has 0 heterocycles. The van der Waals surface area contributed by atoms with Crippen LogP contribution in [-0.4, -0.2) is 6.04 Å². The second kappa shape index (κ2) is 1.10. The lowest BCUT2D eigenvalue weighted by atomic mass is 10.0. The fourth-order valence-corrected chi connectivity index (χ4v) is 1.63. The van der Waals surface area contributed by atoms with Crippen molar-refractivity contribution in [3.8, 4) is 0 Å². The van der Waals surface area contributed by atoms with Crippen molar-refractivity contribution in [2.75, 3.05) is 0 Å². The number of rotatable bonds is 1. The third kappa shape index (κ3) is 0.455. The van der Waals surface area contributed by atoms with Gasteiger partial charge in [0.2, 0.25) is 0 Å². The maximum absolute atomic E-state index is 5.74. The van der Waals surface area contributed by atoms with Crippen LogP contribution in [0.2, 0.25) is 0 Å². The van der Waals surface area contributed by atoms with Crippen molar-refractivity contribution < 1.29 is 0 Å². The van der Waals surface area contributed by atoms with E-state index in [-0.39, 0.29) is 0 Å². The third-order valence-electron chi connectivity index (χ3n) is 2.86. The summed E-state index contributed by atoms with van der Waals surface area (Å²) in [5.41, 5.74) is 6.34. The number of hydrogen-bond donors (Lipinski definition) is 1. The highest BCUT2D eigenvalue weighted by molar-refractivity contribution is 5.10. The summed E-state index contributed by atoms with van der Waals surface area (Å²) in [7, 11) is 0. The van der Waals surface area contributed by atoms with E-state index < -0.39 is 0 Å². The minimum Gasteiger partial charge on any atom is -0.327 e. The Balaban J connectivity index is 2.04. The van der Waals surface area contributed by atoms with Gasteiger partial charge in [-0.2, -0.15) is 0 Å². The first-order valence-electron chi connectivity index (χ1n) is 3.49. The van der Waals surface area contributed by atoms with Crippen molar-refractivity contribution in [2.45, 2.75) is 32.2 Å². The average Bonchev–Trinajstić information content (AvgIpc) is 2.44. The summed E-state index contributed by atoms with van der Waals surface area (Å²) < 4.78 is 0. The lowest BCUT2D eigenvalue weighted by Crippen LogP contribution is -2.11. The zero-order chi connectivity index (χ0) is 5.78. The summed E-state index contributed by atoms with van der Waals surface area (Å²) in [4.78, 5) is 0. The topological polar surface area (TPSA) is 26.0 Å². The Hall–Kier alpha value is -0.0400. The van der Waals surface area contributed by atoms with Crippen molar-refractivity contribution in [1.29, 1.82) is 0 Å². The van der Waals surface area contributed by atoms with Gasteiger partial charge in [0.05, 0.1) is 0 Å². The first-order chi connectivity index (χ1) is 3.73. The van der Waals surface area contributed by atoms with Crippen molar-refractivity contribution in [3.05, 3.63) is 0 Å². The van der Waals surface area contributed by atoms with Crippen LogP contribution in [0.25, 0.3) is 0 Å². The van der Waals surface area contributed by atoms with E-state index in [4.69, 9.17) is 5.73 Å². The zero-order valence-corrected chi connectivity index (χ0v) is 5.35. The number of hydrogen-bond acceptors (Lipinski definition) is 1. The number of nitrogens with two attached hydrogens (primary N) is 1. The van der Waals surface area contributed by atoms with Crippen LogP contribution in [0.4, 0.5) is 0 Å². The van der Waals surface area contributed by atoms with Gasteiger partial charge < -0.3 is 5.73 Å². The van der Waals surface area contributed by atoms with E-state index in [1.54, 1.807) is 0 Å². The molecule has 0 amide bonds. The maximum Gasteiger partial charge on any atom is 0.0102 e. The van der Waals surface area contributed by atoms with Crippen molar-refractivity contribution in [2.24, 2.45) is 17.1 Å². The molecule has 2 aliphatic carbocycles. The molecule has 2 fully saturated rings. The minimum atomic E-state index is 0.551. The minimum absolute atomic E-state index is 0.551. The molecule has 2 N–H and O–H groups in total. The predicted molar refractivity (Wildman–Crippen MR) is 33.4 cm³/mol. The van der Waals surface area contributed by atoms with Gasteiger partial charge in [0.25, 0.3) is 0 Å². The Morgan fingerprint density at radius 3 is 2.12 bits per heavy atom. The van der Waals surface area contributed by atoms with Gasteiger partial charge in [-0.05, 0) is 30.6 Å². The van der Waals surface area contributed by atoms with E-state index in [0.717, 1.165) is 5.92 Å². The molecule has 0 spiro atoms. The molecular weight excluding hydrogens is 98.1 g/mol. The van der Waals surface area contributed by atoms with E-state index in [1.807, 2.05) is 0 Å². The molecule has 0 unspecified atom stereocenters. The summed E-state index contributed by atoms with van der Waals surface area (Å²) in [6.45, 7) is 2.33. The summed E-state index contributed by atoms with van der Waals surface area (Å²) in [6.07, 6.45) is 4.19. The second-order valence-corrected chi connectivity index (χ2v) is 3.59. The van der Waals surface area contributed by atoms with Crippen molar-refractivity contribution in [3.63, 3.8) is 0 Å². The van der Waals surface area contributed by atoms with Crippen molar-refractivity contribution in [1.82, 2.24) is 0 Å². The molecule has 0 bridgehead atoms. The summed E-state index contributed by atoms with van der Waals surface area (Å²) in [5.74, 6) is 1.01. The normalized spacial score (nSPS) is 54.0. The lowest BCUT2D eigenvalue weighted by Gasteiger charge is -2.03. The zero-order valence-electron chi connectivity index (χ0n) is 5.35. The lowest BCUT2D eigenvalue weighted by molar-refractivity contribution is 0.471. The van der Waals surface area contributed by atoms with Crippen LogP contribution in [-0.2, 0) is 0 Å². The highest BCUT2D eigenvalue weighted by Gasteiger charge is 2.56. The molecule has 1 heteroatoms. The van der Waals surface area contributed by atoms with Gasteiger partial charge in [-0.15, -0.1) is 0 Å². The van der Waals surface area contributed by atoms with Gasteiger partial charge in [0, 0.05) is 6.04 Å². The second-order valence-electron chi connectivity index (χ2n) is 3.59. The van der Waals surface area contributed by atoms with Crippen LogP contribution in [0.3, 0.4) is 0 Å². The highest BCUT2D eigenvalue weighted by atomic mass is 14.8. The molecule has 0 saturated heterocycles. The largest absolute Gasteiger partial charge is 0.327 e. The molecule has 0 radical (unpaired) electrons. The first kappa shape index (κ1) is 4.80. The molecule has 0 aromatic heterocycles. The van der Waals surface area contributed by atoms with Gasteiger partial charge in [-0.1, -0.05) is 6.92 Å². The monoisotopic (exact) mass is 111 g/mol. The van der Waals surface area contributed by atoms with Crippen LogP contribution in [0, 0.1) is 11.3 Å². The van der Waals surface area contributed by atoms with Crippen LogP contribution in [0.1, 0.15) is 26.2 Å². The standard InChI is InChI=1S/C7H13N/c1-7(4-6(7)8)5-2-3-5/h5-6H,2-4,8H2,1H3/t6-,7+/m0/s1. The first-order valence-corrected chi connectivity index (χ1v) is 3.49. The molecule has 0 aromatic rings. The van der Waals surface area contributed by atoms with E-state index in [2.05, 4.69) is 6.92 Å². The van der Waals surface area contributed by atoms with E-state index in [9.17, 15) is 0 Å². The molecule has 0 aliphatic heterocycles. The van der Waals surface area contributed by atoms with Crippen LogP contribution >= 0.6 is 0 Å². The molecular formula is C7H13N. The van der Waals surface area contributed by atoms with E-state index in [1.165, 1.54) is 19.3 Å². The van der Waals surface area contributed by atoms with Crippen LogP contribution < -0.4 is 5.73 Å². The van der Waals surface area contributed by atoms with Crippen LogP contribution in [0.15, 0.2) is 0 Å². The van der Waals surface area contributed by atoms with Gasteiger partial charge >= 0.3 is 0 Å². The fraction of sp³-hybridized carbons (Fsp3) is 1.00. The Morgan fingerprint density at radius 1 is 1.50 bits per heavy atom. The Bertz CT molecular complexity index is 118. The molecule has 2 rings (SSSR count). The van der Waals surface area contributed by atoms with Gasteiger partial charge in [-0.25, -0.2) is 0 Å². The molecule has 0 aromatic carbocycles. The predicted octanol–water partition coefficient (Wildman–Crippen LogP) is 1.13. The molecule has 2 saturated carbocycles. The van der Waals surface area contributed by atoms with E-state index in [0.29, 0.717) is 11.5 Å². The summed E-state index contributed by atoms with van der Waals surface area (Å²) >= 11 is 0. The van der Waals surface area contributed by atoms with Crippen molar-refractivity contribution >= 4 is 0 Å². The summed E-state index contributed by atoms with van der Waals surface area (Å²) in [5, 5.41) is 0. The van der Waals surface area contributed by atoms with Gasteiger partial charge in [0.15, 0.2) is 0 Å². The molecule has 46 valence electrons. The smallest absolute Gasteiger partial charge is 0.0102 e. The molecule has 2 aliphatic rings. The fourth-order valence-electron chi connectivity index (χ4n) is 1.63. The Kier molecular flexibility index (Phi) is 0.663. The third-order valence-corrected chi connectivity index (χ3v) is 2.86. The molecule has 8 heavy (non-hydrogen) atoms. The van der Waals surface area contributed by atoms with Gasteiger partial charge in [-0.3, -0.25) is 0 Å². The highest BCUT2D eigenvalue weighted by Crippen LogP contribution is 2.59. The van der Waals surface area contributed by atoms with Gasteiger partial charge in [0.1, 0.15) is 0 Å². The average molecular weight is 111 g/mol. The molecule has 1 nitrogen and oxygen atoms in total. The maximum atomic E-state index is 5.74. The quantitative estimate of drug-likeness (QED) is 0.539. The Morgan fingerprint density at radius 2 is 2.00 bits per heavy atom. The SMILES string of the molecule is C[C@]1(C2CC2)C[C@@H]1N. The van der Waals surface area contributed by atoms with Crippen LogP contribution in [0.5, 0.6) is 0 Å². The summed E-state index contributed by atoms with van der Waals surface area (Å²) in [6, 6.07) is 0.551. The van der Waals surface area contributed by atoms with E-state index >= 15 is 0 Å². The molecule has 2 atom stereocenters.